The van der Waals surface area contributed by atoms with E-state index < -0.39 is 5.97 Å². The second-order valence-corrected chi connectivity index (χ2v) is 8.83. The Morgan fingerprint density at radius 2 is 1.71 bits per heavy atom. The summed E-state index contributed by atoms with van der Waals surface area (Å²) in [6.07, 6.45) is 3.33. The molecule has 0 radical (unpaired) electrons. The van der Waals surface area contributed by atoms with Crippen LogP contribution in [0.5, 0.6) is 0 Å². The van der Waals surface area contributed by atoms with Crippen LogP contribution < -0.4 is 5.73 Å². The summed E-state index contributed by atoms with van der Waals surface area (Å²) in [7, 11) is 0. The van der Waals surface area contributed by atoms with Crippen LogP contribution in [0.2, 0.25) is 5.02 Å². The Balaban J connectivity index is 1.78. The minimum absolute atomic E-state index is 0.281. The fraction of sp³-hybridized carbons (Fsp3) is 0.241. The molecule has 1 heterocycles. The maximum Gasteiger partial charge on any atom is 0.357 e. The van der Waals surface area contributed by atoms with Crippen molar-refractivity contribution in [2.45, 2.75) is 39.5 Å². The number of benzene rings is 3. The molecule has 0 spiro atoms. The van der Waals surface area contributed by atoms with Gasteiger partial charge in [0.15, 0.2) is 5.69 Å². The van der Waals surface area contributed by atoms with Gasteiger partial charge in [-0.25, -0.2) is 9.48 Å². The van der Waals surface area contributed by atoms with Crippen LogP contribution in [-0.4, -0.2) is 22.4 Å². The molecule has 3 aromatic carbocycles. The van der Waals surface area contributed by atoms with E-state index >= 15 is 0 Å². The minimum Gasteiger partial charge on any atom is -0.461 e. The summed E-state index contributed by atoms with van der Waals surface area (Å²) >= 11 is 6.50. The summed E-state index contributed by atoms with van der Waals surface area (Å²) in [6, 6.07) is 23.5. The lowest BCUT2D eigenvalue weighted by Gasteiger charge is -2.11. The van der Waals surface area contributed by atoms with E-state index in [1.54, 1.807) is 17.7 Å². The average molecular weight is 488 g/mol. The highest BCUT2D eigenvalue weighted by Crippen LogP contribution is 2.30. The number of nitrogens with two attached hydrogens (primary N) is 1. The number of carbonyl (C=O) groups is 1. The zero-order valence-corrected chi connectivity index (χ0v) is 20.9. The lowest BCUT2D eigenvalue weighted by molar-refractivity contribution is 0.0514. The molecule has 0 unspecified atom stereocenters. The minimum atomic E-state index is -0.397. The normalized spacial score (nSPS) is 10.9. The molecule has 4 rings (SSSR count). The molecule has 6 heteroatoms. The van der Waals surface area contributed by atoms with E-state index in [0.29, 0.717) is 22.8 Å². The topological polar surface area (TPSA) is 70.1 Å². The first-order chi connectivity index (χ1) is 17.0. The van der Waals surface area contributed by atoms with Gasteiger partial charge in [-0.2, -0.15) is 5.10 Å². The molecule has 0 amide bonds. The van der Waals surface area contributed by atoms with E-state index in [0.717, 1.165) is 52.9 Å². The van der Waals surface area contributed by atoms with Crippen LogP contribution in [0.25, 0.3) is 16.8 Å². The van der Waals surface area contributed by atoms with Crippen molar-refractivity contribution < 1.29 is 9.53 Å². The predicted molar refractivity (Wildman–Crippen MR) is 142 cm³/mol. The molecule has 0 aliphatic heterocycles. The van der Waals surface area contributed by atoms with Crippen molar-refractivity contribution in [3.05, 3.63) is 100 Å². The summed E-state index contributed by atoms with van der Waals surface area (Å²) in [5.74, 6) is -0.397. The number of ether oxygens (including phenoxy) is 1. The van der Waals surface area contributed by atoms with Gasteiger partial charge in [0, 0.05) is 23.2 Å². The van der Waals surface area contributed by atoms with Crippen LogP contribution in [0.1, 0.15) is 54.0 Å². The molecule has 0 saturated carbocycles. The van der Waals surface area contributed by atoms with E-state index in [-0.39, 0.29) is 6.61 Å². The Labute approximate surface area is 211 Å². The van der Waals surface area contributed by atoms with Crippen LogP contribution in [0.3, 0.4) is 0 Å². The van der Waals surface area contributed by atoms with Crippen LogP contribution in [0.4, 0.5) is 5.69 Å². The number of nitrogen functional groups attached to an aromatic ring is 1. The molecule has 35 heavy (non-hydrogen) atoms. The lowest BCUT2D eigenvalue weighted by atomic mass is 9.97. The lowest BCUT2D eigenvalue weighted by Crippen LogP contribution is -2.14. The summed E-state index contributed by atoms with van der Waals surface area (Å²) in [5.41, 5.74) is 12.9. The van der Waals surface area contributed by atoms with Gasteiger partial charge in [-0.3, -0.25) is 0 Å². The molecule has 0 bridgehead atoms. The number of aromatic nitrogens is 2. The Bertz CT molecular complexity index is 1310. The number of anilines is 1. The van der Waals surface area contributed by atoms with E-state index in [9.17, 15) is 4.79 Å². The van der Waals surface area contributed by atoms with E-state index in [1.165, 1.54) is 0 Å². The Morgan fingerprint density at radius 1 is 1.00 bits per heavy atom. The summed E-state index contributed by atoms with van der Waals surface area (Å²) in [5, 5.41) is 5.40. The number of aryl methyl sites for hydroxylation is 1. The molecule has 0 aliphatic carbocycles. The highest BCUT2D eigenvalue weighted by molar-refractivity contribution is 6.32. The Kier molecular flexibility index (Phi) is 7.88. The second-order valence-electron chi connectivity index (χ2n) is 8.42. The number of esters is 1. The van der Waals surface area contributed by atoms with Crippen molar-refractivity contribution in [1.29, 1.82) is 0 Å². The number of carbonyl (C=O) groups excluding carboxylic acids is 1. The van der Waals surface area contributed by atoms with Crippen LogP contribution >= 0.6 is 11.6 Å². The molecule has 2 N–H and O–H groups in total. The highest BCUT2D eigenvalue weighted by Gasteiger charge is 2.26. The molecule has 0 fully saturated rings. The zero-order chi connectivity index (χ0) is 24.8. The van der Waals surface area contributed by atoms with Gasteiger partial charge >= 0.3 is 5.97 Å². The second kappa shape index (κ2) is 11.2. The maximum atomic E-state index is 13.2. The first kappa shape index (κ1) is 24.6. The molecular formula is C29H30ClN3O2. The van der Waals surface area contributed by atoms with Gasteiger partial charge in [0.25, 0.3) is 0 Å². The molecule has 0 aliphatic rings. The van der Waals surface area contributed by atoms with Gasteiger partial charge < -0.3 is 10.5 Å². The SMILES string of the molecule is CCCCc1nn(-c2ccccc2Cl)c(C(=O)OCC)c1Cc1ccc(-c2ccccc2N)cc1. The first-order valence-electron chi connectivity index (χ1n) is 12.0. The van der Waals surface area contributed by atoms with Gasteiger partial charge in [-0.05, 0) is 49.1 Å². The maximum absolute atomic E-state index is 13.2. The molecule has 5 nitrogen and oxygen atoms in total. The highest BCUT2D eigenvalue weighted by atomic mass is 35.5. The van der Waals surface area contributed by atoms with E-state index in [1.807, 2.05) is 42.5 Å². The monoisotopic (exact) mass is 487 g/mol. The number of rotatable bonds is 9. The molecule has 0 saturated heterocycles. The summed E-state index contributed by atoms with van der Waals surface area (Å²) in [6.45, 7) is 4.23. The molecule has 0 atom stereocenters. The molecular weight excluding hydrogens is 458 g/mol. The van der Waals surface area contributed by atoms with Gasteiger partial charge in [0.05, 0.1) is 23.0 Å². The van der Waals surface area contributed by atoms with Crippen LogP contribution in [0, 0.1) is 0 Å². The number of halogens is 1. The summed E-state index contributed by atoms with van der Waals surface area (Å²) in [4.78, 5) is 13.2. The molecule has 4 aromatic rings. The van der Waals surface area contributed by atoms with Crippen molar-refractivity contribution >= 4 is 23.3 Å². The summed E-state index contributed by atoms with van der Waals surface area (Å²) < 4.78 is 7.11. The van der Waals surface area contributed by atoms with Gasteiger partial charge in [0.2, 0.25) is 0 Å². The fourth-order valence-corrected chi connectivity index (χ4v) is 4.42. The van der Waals surface area contributed by atoms with Crippen molar-refractivity contribution in [2.75, 3.05) is 12.3 Å². The number of hydrogen-bond acceptors (Lipinski definition) is 4. The third-order valence-corrected chi connectivity index (χ3v) is 6.31. The van der Waals surface area contributed by atoms with Gasteiger partial charge in [-0.15, -0.1) is 0 Å². The fourth-order valence-electron chi connectivity index (χ4n) is 4.20. The van der Waals surface area contributed by atoms with Gasteiger partial charge in [0.1, 0.15) is 0 Å². The van der Waals surface area contributed by atoms with Crippen molar-refractivity contribution in [3.63, 3.8) is 0 Å². The van der Waals surface area contributed by atoms with Crippen LogP contribution in [0.15, 0.2) is 72.8 Å². The molecule has 1 aromatic heterocycles. The number of para-hydroxylation sites is 2. The number of unbranched alkanes of at least 4 members (excludes halogenated alkanes) is 1. The first-order valence-corrected chi connectivity index (χ1v) is 12.4. The van der Waals surface area contributed by atoms with E-state index in [2.05, 4.69) is 31.2 Å². The number of hydrogen-bond donors (Lipinski definition) is 1. The standard InChI is InChI=1S/C29H30ClN3O2/c1-3-5-13-26-23(19-20-15-17-21(18-16-20)22-10-6-8-12-25(22)31)28(29(34)35-4-2)33(32-26)27-14-9-7-11-24(27)30/h6-12,14-18H,3-5,13,19,31H2,1-2H3. The average Bonchev–Trinajstić information content (AvgIpc) is 3.21. The van der Waals surface area contributed by atoms with Crippen LogP contribution in [-0.2, 0) is 17.6 Å². The van der Waals surface area contributed by atoms with Crippen molar-refractivity contribution in [3.8, 4) is 16.8 Å². The zero-order valence-electron chi connectivity index (χ0n) is 20.1. The van der Waals surface area contributed by atoms with Gasteiger partial charge in [-0.1, -0.05) is 79.5 Å². The van der Waals surface area contributed by atoms with Crippen molar-refractivity contribution in [2.24, 2.45) is 0 Å². The molecule has 180 valence electrons. The Morgan fingerprint density at radius 3 is 2.40 bits per heavy atom. The predicted octanol–water partition coefficient (Wildman–Crippen LogP) is 6.89. The number of nitrogens with zero attached hydrogens (tertiary/aromatic N) is 2. The quantitative estimate of drug-likeness (QED) is 0.206. The van der Waals surface area contributed by atoms with E-state index in [4.69, 9.17) is 27.2 Å². The largest absolute Gasteiger partial charge is 0.461 e. The Hall–Kier alpha value is -3.57. The third-order valence-electron chi connectivity index (χ3n) is 5.99. The smallest absolute Gasteiger partial charge is 0.357 e. The van der Waals surface area contributed by atoms with Crippen molar-refractivity contribution in [1.82, 2.24) is 9.78 Å². The third kappa shape index (κ3) is 5.41.